The summed E-state index contributed by atoms with van der Waals surface area (Å²) in [6, 6.07) is 1.72. The number of rotatable bonds is 2. The second-order valence-corrected chi connectivity index (χ2v) is 8.72. The molecule has 5 aliphatic carbocycles. The minimum atomic E-state index is -0.567. The first-order chi connectivity index (χ1) is 10.5. The first-order valence-electron chi connectivity index (χ1n) is 8.65. The van der Waals surface area contributed by atoms with Gasteiger partial charge >= 0.3 is 0 Å². The number of fused-ring (bicyclic) bond motifs is 1. The fourth-order valence-electron chi connectivity index (χ4n) is 6.60. The molecule has 1 heterocycles. The van der Waals surface area contributed by atoms with Gasteiger partial charge in [-0.3, -0.25) is 4.79 Å². The minimum absolute atomic E-state index is 0.0258. The van der Waals surface area contributed by atoms with E-state index in [1.807, 2.05) is 0 Å². The highest BCUT2D eigenvalue weighted by Crippen LogP contribution is 2.67. The van der Waals surface area contributed by atoms with Crippen molar-refractivity contribution in [1.29, 1.82) is 5.26 Å². The maximum Gasteiger partial charge on any atom is 0.241 e. The maximum absolute atomic E-state index is 13.0. The molecule has 118 valence electrons. The second-order valence-electron chi connectivity index (χ2n) is 8.72. The molecule has 3 N–H and O–H groups in total. The highest BCUT2D eigenvalue weighted by Gasteiger charge is 2.67. The van der Waals surface area contributed by atoms with Crippen LogP contribution in [0, 0.1) is 34.5 Å². The summed E-state index contributed by atoms with van der Waals surface area (Å²) in [5.41, 5.74) is 5.69. The van der Waals surface area contributed by atoms with Gasteiger partial charge in [0.2, 0.25) is 5.91 Å². The molecule has 6 fully saturated rings. The molecule has 22 heavy (non-hydrogen) atoms. The van der Waals surface area contributed by atoms with E-state index >= 15 is 0 Å². The van der Waals surface area contributed by atoms with E-state index in [2.05, 4.69) is 6.07 Å². The van der Waals surface area contributed by atoms with Crippen molar-refractivity contribution < 1.29 is 9.90 Å². The largest absolute Gasteiger partial charge is 0.390 e. The van der Waals surface area contributed by atoms with Crippen molar-refractivity contribution in [1.82, 2.24) is 4.90 Å². The van der Waals surface area contributed by atoms with E-state index in [1.54, 1.807) is 4.90 Å². The molecule has 0 aromatic rings. The van der Waals surface area contributed by atoms with Crippen LogP contribution in [0.15, 0.2) is 0 Å². The number of carbonyl (C=O) groups is 1. The van der Waals surface area contributed by atoms with Crippen molar-refractivity contribution in [2.24, 2.45) is 28.9 Å². The number of hydrogen-bond acceptors (Lipinski definition) is 4. The van der Waals surface area contributed by atoms with E-state index in [1.165, 1.54) is 0 Å². The van der Waals surface area contributed by atoms with E-state index in [0.29, 0.717) is 24.2 Å². The predicted octanol–water partition coefficient (Wildman–Crippen LogP) is 0.768. The normalized spacial score (nSPS) is 55.1. The van der Waals surface area contributed by atoms with Crippen LogP contribution in [0.4, 0.5) is 0 Å². The molecule has 5 heteroatoms. The topological polar surface area (TPSA) is 90.4 Å². The summed E-state index contributed by atoms with van der Waals surface area (Å²) in [6.45, 7) is 0. The summed E-state index contributed by atoms with van der Waals surface area (Å²) in [7, 11) is 0. The number of aliphatic hydroxyl groups is 1. The molecule has 0 radical (unpaired) electrons. The molecule has 4 bridgehead atoms. The second kappa shape index (κ2) is 3.85. The van der Waals surface area contributed by atoms with Gasteiger partial charge in [0.15, 0.2) is 0 Å². The summed E-state index contributed by atoms with van der Waals surface area (Å²) >= 11 is 0. The summed E-state index contributed by atoms with van der Waals surface area (Å²) in [5, 5.41) is 20.1. The average molecular weight is 301 g/mol. The molecular weight excluding hydrogens is 278 g/mol. The van der Waals surface area contributed by atoms with E-state index in [4.69, 9.17) is 5.73 Å². The monoisotopic (exact) mass is 301 g/mol. The zero-order valence-electron chi connectivity index (χ0n) is 12.7. The van der Waals surface area contributed by atoms with Crippen molar-refractivity contribution in [3.05, 3.63) is 0 Å². The lowest BCUT2D eigenvalue weighted by Gasteiger charge is -2.44. The Balaban J connectivity index is 1.42. The number of likely N-dealkylation sites (tertiary alicyclic amines) is 1. The number of nitrogens with two attached hydrogens (primary N) is 1. The molecule has 5 nitrogen and oxygen atoms in total. The minimum Gasteiger partial charge on any atom is -0.390 e. The number of nitriles is 1. The van der Waals surface area contributed by atoms with Crippen LogP contribution in [0.2, 0.25) is 0 Å². The van der Waals surface area contributed by atoms with Crippen LogP contribution in [0.5, 0.6) is 0 Å². The molecule has 5 saturated carbocycles. The van der Waals surface area contributed by atoms with Crippen LogP contribution in [-0.4, -0.2) is 39.6 Å². The smallest absolute Gasteiger partial charge is 0.241 e. The van der Waals surface area contributed by atoms with E-state index in [-0.39, 0.29) is 23.4 Å². The van der Waals surface area contributed by atoms with Gasteiger partial charge in [0.25, 0.3) is 0 Å². The Morgan fingerprint density at radius 2 is 2.14 bits per heavy atom. The van der Waals surface area contributed by atoms with Crippen LogP contribution in [0.3, 0.4) is 0 Å². The Morgan fingerprint density at radius 3 is 2.82 bits per heavy atom. The van der Waals surface area contributed by atoms with Crippen molar-refractivity contribution in [3.63, 3.8) is 0 Å². The van der Waals surface area contributed by atoms with Crippen LogP contribution in [0.1, 0.15) is 44.9 Å². The Morgan fingerprint density at radius 1 is 1.32 bits per heavy atom. The Kier molecular flexibility index (Phi) is 2.34. The third-order valence-electron chi connectivity index (χ3n) is 7.46. The standard InChI is InChI=1S/C17H23N3O2/c18-7-12-2-10-3-13(10)20(12)15(21)14(19)16-4-9-1-11(6-16)17(22,5-9)8-16/h9-14,22H,1-6,8,19H2/t9?,10?,11?,12-,13?,14+,16?,17?/m0/s1. The highest BCUT2D eigenvalue weighted by molar-refractivity contribution is 5.84. The summed E-state index contributed by atoms with van der Waals surface area (Å²) in [6.07, 6.45) is 6.43. The molecular formula is C17H23N3O2. The van der Waals surface area contributed by atoms with Crippen LogP contribution in [0.25, 0.3) is 0 Å². The lowest BCUT2D eigenvalue weighted by atomic mass is 9.65. The molecule has 0 aromatic heterocycles. The molecule has 6 aliphatic rings. The number of piperidine rings is 1. The molecule has 0 aromatic carbocycles. The van der Waals surface area contributed by atoms with Crippen LogP contribution >= 0.6 is 0 Å². The van der Waals surface area contributed by atoms with Crippen molar-refractivity contribution in [2.45, 2.75) is 68.7 Å². The van der Waals surface area contributed by atoms with Gasteiger partial charge in [0.05, 0.1) is 17.7 Å². The highest BCUT2D eigenvalue weighted by atomic mass is 16.3. The number of carbonyl (C=O) groups excluding carboxylic acids is 1. The van der Waals surface area contributed by atoms with Crippen LogP contribution < -0.4 is 5.73 Å². The predicted molar refractivity (Wildman–Crippen MR) is 78.2 cm³/mol. The van der Waals surface area contributed by atoms with Crippen molar-refractivity contribution >= 4 is 5.91 Å². The Hall–Kier alpha value is -1.12. The van der Waals surface area contributed by atoms with Gasteiger partial charge in [0, 0.05) is 6.04 Å². The van der Waals surface area contributed by atoms with E-state index < -0.39 is 11.6 Å². The van der Waals surface area contributed by atoms with Gasteiger partial charge in [0.1, 0.15) is 6.04 Å². The fourth-order valence-corrected chi connectivity index (χ4v) is 6.60. The lowest BCUT2D eigenvalue weighted by Crippen LogP contribution is -2.56. The zero-order chi connectivity index (χ0) is 15.3. The Bertz CT molecular complexity index is 601. The first-order valence-corrected chi connectivity index (χ1v) is 8.65. The molecule has 1 saturated heterocycles. The van der Waals surface area contributed by atoms with Gasteiger partial charge < -0.3 is 15.7 Å². The molecule has 8 atom stereocenters. The zero-order valence-corrected chi connectivity index (χ0v) is 12.7. The lowest BCUT2D eigenvalue weighted by molar-refractivity contribution is -0.138. The molecule has 1 amide bonds. The third-order valence-corrected chi connectivity index (χ3v) is 7.46. The molecule has 6 unspecified atom stereocenters. The van der Waals surface area contributed by atoms with Gasteiger partial charge in [-0.05, 0) is 68.1 Å². The van der Waals surface area contributed by atoms with E-state index in [9.17, 15) is 15.2 Å². The average Bonchev–Trinajstić information content (AvgIpc) is 3.01. The number of nitrogens with zero attached hydrogens (tertiary/aromatic N) is 2. The van der Waals surface area contributed by atoms with Gasteiger partial charge in [-0.1, -0.05) is 0 Å². The summed E-state index contributed by atoms with van der Waals surface area (Å²) in [4.78, 5) is 14.8. The SMILES string of the molecule is N#C[C@@H]1CC2CC2N1C(=O)[C@@H](N)C12CC3CC(C1)C(O)(C3)C2. The van der Waals surface area contributed by atoms with Crippen molar-refractivity contribution in [2.75, 3.05) is 0 Å². The van der Waals surface area contributed by atoms with Crippen molar-refractivity contribution in [3.8, 4) is 6.07 Å². The molecule has 1 aliphatic heterocycles. The fraction of sp³-hybridized carbons (Fsp3) is 0.882. The number of amides is 1. The van der Waals surface area contributed by atoms with Crippen LogP contribution in [-0.2, 0) is 4.79 Å². The maximum atomic E-state index is 13.0. The van der Waals surface area contributed by atoms with Gasteiger partial charge in [-0.25, -0.2) is 0 Å². The number of hydrogen-bond donors (Lipinski definition) is 2. The summed E-state index contributed by atoms with van der Waals surface area (Å²) < 4.78 is 0. The Labute approximate surface area is 130 Å². The van der Waals surface area contributed by atoms with E-state index in [0.717, 1.165) is 38.5 Å². The van der Waals surface area contributed by atoms with Gasteiger partial charge in [-0.15, -0.1) is 0 Å². The van der Waals surface area contributed by atoms with Gasteiger partial charge in [-0.2, -0.15) is 5.26 Å². The quantitative estimate of drug-likeness (QED) is 0.788. The third kappa shape index (κ3) is 1.48. The summed E-state index contributed by atoms with van der Waals surface area (Å²) in [5.74, 6) is 1.38. The first kappa shape index (κ1) is 13.3. The molecule has 6 rings (SSSR count). The molecule has 0 spiro atoms.